The van der Waals surface area contributed by atoms with Crippen LogP contribution in [0.25, 0.3) is 22.3 Å². The van der Waals surface area contributed by atoms with Crippen LogP contribution in [0.15, 0.2) is 41.1 Å². The maximum absolute atomic E-state index is 13.5. The van der Waals surface area contributed by atoms with Gasteiger partial charge in [0, 0.05) is 23.7 Å². The number of benzene rings is 1. The molecule has 6 heteroatoms. The molecule has 2 aliphatic carbocycles. The molecule has 1 aromatic carbocycles. The number of rotatable bonds is 4. The first-order valence-electron chi connectivity index (χ1n) is 11.3. The first-order chi connectivity index (χ1) is 14.8. The number of amides is 1. The maximum Gasteiger partial charge on any atom is 0.316 e. The van der Waals surface area contributed by atoms with Crippen molar-refractivity contribution in [3.8, 4) is 11.5 Å². The summed E-state index contributed by atoms with van der Waals surface area (Å²) in [7, 11) is 0. The third-order valence-corrected chi connectivity index (χ3v) is 6.64. The fraction of sp³-hybridized carbons (Fsp3) is 0.500. The van der Waals surface area contributed by atoms with Crippen LogP contribution in [0, 0.1) is 0 Å². The van der Waals surface area contributed by atoms with Crippen LogP contribution in [0.5, 0.6) is 0 Å². The van der Waals surface area contributed by atoms with E-state index in [-0.39, 0.29) is 11.8 Å². The molecule has 2 aromatic heterocycles. The average Bonchev–Trinajstić information content (AvgIpc) is 3.31. The van der Waals surface area contributed by atoms with Crippen LogP contribution in [-0.2, 0) is 0 Å². The van der Waals surface area contributed by atoms with Crippen molar-refractivity contribution < 1.29 is 9.32 Å². The number of hydrogen-bond acceptors (Lipinski definition) is 5. The number of fused-ring (bicyclic) bond motifs is 1. The predicted octanol–water partition coefficient (Wildman–Crippen LogP) is 5.39. The molecule has 30 heavy (non-hydrogen) atoms. The molecule has 2 saturated carbocycles. The number of nitrogens with zero attached hydrogens (tertiary/aromatic N) is 4. The summed E-state index contributed by atoms with van der Waals surface area (Å²) in [5, 5.41) is 6.21. The van der Waals surface area contributed by atoms with Gasteiger partial charge >= 0.3 is 11.8 Å². The molecule has 0 unspecified atom stereocenters. The molecular weight excluding hydrogens is 376 g/mol. The molecule has 0 bridgehead atoms. The number of carbonyl (C=O) groups excluding carboxylic acids is 1. The second-order valence-corrected chi connectivity index (χ2v) is 8.64. The Labute approximate surface area is 176 Å². The minimum atomic E-state index is -0.103. The molecule has 156 valence electrons. The van der Waals surface area contributed by atoms with E-state index in [0.29, 0.717) is 23.6 Å². The summed E-state index contributed by atoms with van der Waals surface area (Å²) in [5.41, 5.74) is 0.624. The van der Waals surface area contributed by atoms with Gasteiger partial charge in [0.2, 0.25) is 5.82 Å². The lowest BCUT2D eigenvalue weighted by Gasteiger charge is -2.41. The highest BCUT2D eigenvalue weighted by atomic mass is 16.5. The van der Waals surface area contributed by atoms with Gasteiger partial charge in [-0.3, -0.25) is 9.78 Å². The Morgan fingerprint density at radius 1 is 0.900 bits per heavy atom. The lowest BCUT2D eigenvalue weighted by Crippen LogP contribution is -2.48. The normalized spacial score (nSPS) is 18.5. The van der Waals surface area contributed by atoms with Crippen molar-refractivity contribution in [3.05, 3.63) is 42.4 Å². The molecule has 0 atom stereocenters. The Hall–Kier alpha value is -2.76. The SMILES string of the molecule is O=C(c1nc(-c2cc3ccccc3cn2)no1)N(C1CCCCC1)C1CCCCC1. The van der Waals surface area contributed by atoms with E-state index in [9.17, 15) is 4.79 Å². The first kappa shape index (κ1) is 19.2. The van der Waals surface area contributed by atoms with Crippen molar-refractivity contribution in [3.63, 3.8) is 0 Å². The topological polar surface area (TPSA) is 72.1 Å². The molecular formula is C24H28N4O2. The molecule has 1 amide bonds. The summed E-state index contributed by atoms with van der Waals surface area (Å²) < 4.78 is 5.46. The van der Waals surface area contributed by atoms with Gasteiger partial charge in [-0.2, -0.15) is 4.98 Å². The standard InChI is InChI=1S/C24H28N4O2/c29-24(28(19-11-3-1-4-12-19)20-13-5-2-6-14-20)23-26-22(27-30-23)21-15-17-9-7-8-10-18(17)16-25-21/h7-10,15-16,19-20H,1-6,11-14H2. The van der Waals surface area contributed by atoms with Gasteiger partial charge in [-0.25, -0.2) is 0 Å². The zero-order chi connectivity index (χ0) is 20.3. The van der Waals surface area contributed by atoms with Gasteiger partial charge in [-0.15, -0.1) is 0 Å². The molecule has 0 saturated heterocycles. The fourth-order valence-electron chi connectivity index (χ4n) is 5.08. The Kier molecular flexibility index (Phi) is 5.47. The van der Waals surface area contributed by atoms with Gasteiger partial charge in [-0.1, -0.05) is 67.9 Å². The number of carbonyl (C=O) groups is 1. The first-order valence-corrected chi connectivity index (χ1v) is 11.3. The van der Waals surface area contributed by atoms with Crippen LogP contribution >= 0.6 is 0 Å². The zero-order valence-corrected chi connectivity index (χ0v) is 17.3. The molecule has 6 nitrogen and oxygen atoms in total. The van der Waals surface area contributed by atoms with Crippen LogP contribution in [-0.4, -0.2) is 38.0 Å². The van der Waals surface area contributed by atoms with Crippen LogP contribution < -0.4 is 0 Å². The zero-order valence-electron chi connectivity index (χ0n) is 17.3. The second-order valence-electron chi connectivity index (χ2n) is 8.64. The summed E-state index contributed by atoms with van der Waals surface area (Å²) in [6, 6.07) is 10.6. The van der Waals surface area contributed by atoms with E-state index < -0.39 is 0 Å². The van der Waals surface area contributed by atoms with E-state index in [2.05, 4.69) is 20.0 Å². The van der Waals surface area contributed by atoms with Gasteiger partial charge in [-0.05, 0) is 37.1 Å². The van der Waals surface area contributed by atoms with Crippen molar-refractivity contribution in [1.29, 1.82) is 0 Å². The highest BCUT2D eigenvalue weighted by molar-refractivity contribution is 5.91. The summed E-state index contributed by atoms with van der Waals surface area (Å²) in [5.74, 6) is 0.362. The Bertz CT molecular complexity index is 1000. The molecule has 3 aromatic rings. The maximum atomic E-state index is 13.5. The molecule has 2 aliphatic rings. The highest BCUT2D eigenvalue weighted by Crippen LogP contribution is 2.31. The largest absolute Gasteiger partial charge is 0.328 e. The van der Waals surface area contributed by atoms with E-state index >= 15 is 0 Å². The van der Waals surface area contributed by atoms with Crippen molar-refractivity contribution in [2.24, 2.45) is 0 Å². The summed E-state index contributed by atoms with van der Waals surface area (Å²) >= 11 is 0. The quantitative estimate of drug-likeness (QED) is 0.583. The molecule has 0 aliphatic heterocycles. The Morgan fingerprint density at radius 3 is 2.20 bits per heavy atom. The van der Waals surface area contributed by atoms with Crippen molar-refractivity contribution in [2.45, 2.75) is 76.3 Å². The molecule has 0 spiro atoms. The number of aromatic nitrogens is 3. The van der Waals surface area contributed by atoms with Crippen LogP contribution in [0.2, 0.25) is 0 Å². The third-order valence-electron chi connectivity index (χ3n) is 6.64. The van der Waals surface area contributed by atoms with E-state index in [0.717, 1.165) is 36.5 Å². The third kappa shape index (κ3) is 3.83. The fourth-order valence-corrected chi connectivity index (χ4v) is 5.08. The minimum Gasteiger partial charge on any atom is -0.328 e. The van der Waals surface area contributed by atoms with E-state index in [4.69, 9.17) is 4.52 Å². The van der Waals surface area contributed by atoms with E-state index in [1.54, 1.807) is 6.20 Å². The van der Waals surface area contributed by atoms with Crippen LogP contribution in [0.3, 0.4) is 0 Å². The van der Waals surface area contributed by atoms with E-state index in [1.165, 1.54) is 38.5 Å². The summed E-state index contributed by atoms with van der Waals surface area (Å²) in [6.07, 6.45) is 13.4. The lowest BCUT2D eigenvalue weighted by atomic mass is 9.88. The van der Waals surface area contributed by atoms with Gasteiger partial charge < -0.3 is 9.42 Å². The Morgan fingerprint density at radius 2 is 1.53 bits per heavy atom. The smallest absolute Gasteiger partial charge is 0.316 e. The molecule has 2 heterocycles. The Balaban J connectivity index is 1.42. The monoisotopic (exact) mass is 404 g/mol. The van der Waals surface area contributed by atoms with Crippen molar-refractivity contribution >= 4 is 16.7 Å². The highest BCUT2D eigenvalue weighted by Gasteiger charge is 2.35. The van der Waals surface area contributed by atoms with Gasteiger partial charge in [0.1, 0.15) is 5.69 Å². The average molecular weight is 405 g/mol. The van der Waals surface area contributed by atoms with Crippen LogP contribution in [0.1, 0.15) is 74.9 Å². The van der Waals surface area contributed by atoms with Crippen LogP contribution in [0.4, 0.5) is 0 Å². The van der Waals surface area contributed by atoms with Gasteiger partial charge in [0.15, 0.2) is 0 Å². The summed E-state index contributed by atoms with van der Waals surface area (Å²) in [6.45, 7) is 0. The van der Waals surface area contributed by atoms with Gasteiger partial charge in [0.05, 0.1) is 0 Å². The van der Waals surface area contributed by atoms with Gasteiger partial charge in [0.25, 0.3) is 0 Å². The van der Waals surface area contributed by atoms with Crippen molar-refractivity contribution in [2.75, 3.05) is 0 Å². The van der Waals surface area contributed by atoms with E-state index in [1.807, 2.05) is 30.3 Å². The van der Waals surface area contributed by atoms with Crippen molar-refractivity contribution in [1.82, 2.24) is 20.0 Å². The minimum absolute atomic E-state index is 0.0936. The predicted molar refractivity (Wildman–Crippen MR) is 115 cm³/mol. The number of hydrogen-bond donors (Lipinski definition) is 0. The molecule has 0 N–H and O–H groups in total. The lowest BCUT2D eigenvalue weighted by molar-refractivity contribution is 0.0401. The molecule has 2 fully saturated rings. The number of pyridine rings is 1. The molecule has 5 rings (SSSR count). The summed E-state index contributed by atoms with van der Waals surface area (Å²) in [4.78, 5) is 24.5. The second kappa shape index (κ2) is 8.54. The molecule has 0 radical (unpaired) electrons.